The van der Waals surface area contributed by atoms with Crippen LogP contribution in [0, 0.1) is 6.92 Å². The number of aromatic carboxylic acids is 1. The van der Waals surface area contributed by atoms with Crippen LogP contribution in [0.3, 0.4) is 0 Å². The maximum atomic E-state index is 12.2. The minimum Gasteiger partial charge on any atom is -0.493 e. The summed E-state index contributed by atoms with van der Waals surface area (Å²) < 4.78 is 16.0. The number of pyridine rings is 1. The van der Waals surface area contributed by atoms with Gasteiger partial charge < -0.3 is 24.6 Å². The van der Waals surface area contributed by atoms with E-state index in [-0.39, 0.29) is 22.9 Å². The van der Waals surface area contributed by atoms with E-state index in [0.717, 1.165) is 5.56 Å². The summed E-state index contributed by atoms with van der Waals surface area (Å²) in [6.07, 6.45) is 0.501. The molecule has 0 atom stereocenters. The standard InChI is InChI=1S/C19H22N2O6/c1-11-13(19(23)24)6-7-14(21-11)18(22)20-10-9-12-5-8-15(25-2)17(27-4)16(12)26-3/h5-8H,9-10H2,1-4H3,(H,20,22)(H,23,24). The molecule has 0 saturated carbocycles. The van der Waals surface area contributed by atoms with Crippen LogP contribution in [0.5, 0.6) is 17.2 Å². The Labute approximate surface area is 157 Å². The van der Waals surface area contributed by atoms with Crippen molar-refractivity contribution in [2.45, 2.75) is 13.3 Å². The molecule has 2 rings (SSSR count). The fourth-order valence-corrected chi connectivity index (χ4v) is 2.67. The molecule has 27 heavy (non-hydrogen) atoms. The van der Waals surface area contributed by atoms with Crippen LogP contribution in [0.15, 0.2) is 24.3 Å². The molecular formula is C19H22N2O6. The van der Waals surface area contributed by atoms with Gasteiger partial charge in [0, 0.05) is 12.1 Å². The fourth-order valence-electron chi connectivity index (χ4n) is 2.67. The molecule has 1 amide bonds. The van der Waals surface area contributed by atoms with E-state index in [4.69, 9.17) is 19.3 Å². The highest BCUT2D eigenvalue weighted by Gasteiger charge is 2.16. The van der Waals surface area contributed by atoms with Crippen LogP contribution in [-0.2, 0) is 6.42 Å². The Bertz CT molecular complexity index is 850. The lowest BCUT2D eigenvalue weighted by Gasteiger charge is -2.16. The lowest BCUT2D eigenvalue weighted by atomic mass is 10.1. The van der Waals surface area contributed by atoms with Crippen molar-refractivity contribution < 1.29 is 28.9 Å². The SMILES string of the molecule is COc1ccc(CCNC(=O)c2ccc(C(=O)O)c(C)n2)c(OC)c1OC. The molecule has 0 aliphatic rings. The number of aromatic nitrogens is 1. The molecule has 0 spiro atoms. The highest BCUT2D eigenvalue weighted by Crippen LogP contribution is 2.39. The Kier molecular flexibility index (Phi) is 6.59. The third-order valence-corrected chi connectivity index (χ3v) is 4.01. The van der Waals surface area contributed by atoms with Crippen LogP contribution in [-0.4, -0.2) is 49.8 Å². The number of carboxylic acid groups (broad SMARTS) is 1. The Morgan fingerprint density at radius 1 is 1.04 bits per heavy atom. The molecule has 0 aliphatic carbocycles. The zero-order chi connectivity index (χ0) is 20.0. The van der Waals surface area contributed by atoms with E-state index in [1.807, 2.05) is 6.07 Å². The topological polar surface area (TPSA) is 107 Å². The minimum absolute atomic E-state index is 0.0709. The molecule has 8 heteroatoms. The van der Waals surface area contributed by atoms with Gasteiger partial charge in [0.05, 0.1) is 32.6 Å². The molecule has 144 valence electrons. The number of carbonyl (C=O) groups is 2. The molecule has 0 radical (unpaired) electrons. The number of rotatable bonds is 8. The Morgan fingerprint density at radius 2 is 1.74 bits per heavy atom. The average molecular weight is 374 g/mol. The van der Waals surface area contributed by atoms with Crippen LogP contribution in [0.1, 0.15) is 32.1 Å². The van der Waals surface area contributed by atoms with E-state index in [9.17, 15) is 9.59 Å². The monoisotopic (exact) mass is 374 g/mol. The third-order valence-electron chi connectivity index (χ3n) is 4.01. The summed E-state index contributed by atoms with van der Waals surface area (Å²) in [6, 6.07) is 6.38. The lowest BCUT2D eigenvalue weighted by molar-refractivity contribution is 0.0694. The number of carbonyl (C=O) groups excluding carboxylic acids is 1. The van der Waals surface area contributed by atoms with Crippen molar-refractivity contribution >= 4 is 11.9 Å². The number of hydrogen-bond donors (Lipinski definition) is 2. The minimum atomic E-state index is -1.08. The number of benzene rings is 1. The Hall–Kier alpha value is -3.29. The maximum absolute atomic E-state index is 12.2. The number of carboxylic acids is 1. The predicted octanol–water partition coefficient (Wildman–Crippen LogP) is 2.09. The van der Waals surface area contributed by atoms with Gasteiger partial charge in [0.25, 0.3) is 5.91 Å². The number of amides is 1. The fraction of sp³-hybridized carbons (Fsp3) is 0.316. The van der Waals surface area contributed by atoms with Gasteiger partial charge in [0.1, 0.15) is 5.69 Å². The van der Waals surface area contributed by atoms with E-state index < -0.39 is 5.97 Å². The quantitative estimate of drug-likeness (QED) is 0.728. The van der Waals surface area contributed by atoms with Crippen molar-refractivity contribution in [3.05, 3.63) is 46.8 Å². The van der Waals surface area contributed by atoms with Gasteiger partial charge >= 0.3 is 5.97 Å². The molecule has 8 nitrogen and oxygen atoms in total. The Morgan fingerprint density at radius 3 is 2.30 bits per heavy atom. The van der Waals surface area contributed by atoms with Gasteiger partial charge in [0.2, 0.25) is 5.75 Å². The molecule has 0 saturated heterocycles. The summed E-state index contributed by atoms with van der Waals surface area (Å²) in [5.41, 5.74) is 1.37. The molecular weight excluding hydrogens is 352 g/mol. The average Bonchev–Trinajstić information content (AvgIpc) is 2.66. The van der Waals surface area contributed by atoms with Crippen molar-refractivity contribution in [1.82, 2.24) is 10.3 Å². The van der Waals surface area contributed by atoms with Crippen LogP contribution in [0.2, 0.25) is 0 Å². The second-order valence-corrected chi connectivity index (χ2v) is 5.63. The predicted molar refractivity (Wildman–Crippen MR) is 98.1 cm³/mol. The number of methoxy groups -OCH3 is 3. The van der Waals surface area contributed by atoms with Gasteiger partial charge in [-0.3, -0.25) is 4.79 Å². The van der Waals surface area contributed by atoms with Crippen molar-refractivity contribution in [3.8, 4) is 17.2 Å². The van der Waals surface area contributed by atoms with Crippen LogP contribution < -0.4 is 19.5 Å². The van der Waals surface area contributed by atoms with Crippen molar-refractivity contribution in [3.63, 3.8) is 0 Å². The molecule has 0 fully saturated rings. The summed E-state index contributed by atoms with van der Waals surface area (Å²) in [5, 5.41) is 11.8. The summed E-state index contributed by atoms with van der Waals surface area (Å²) in [4.78, 5) is 27.3. The zero-order valence-corrected chi connectivity index (χ0v) is 15.7. The molecule has 0 bridgehead atoms. The number of aryl methyl sites for hydroxylation is 1. The first-order valence-electron chi connectivity index (χ1n) is 8.19. The summed E-state index contributed by atoms with van der Waals surface area (Å²) in [6.45, 7) is 1.89. The number of nitrogens with zero attached hydrogens (tertiary/aromatic N) is 1. The van der Waals surface area contributed by atoms with Gasteiger partial charge in [-0.2, -0.15) is 0 Å². The second-order valence-electron chi connectivity index (χ2n) is 5.63. The largest absolute Gasteiger partial charge is 0.493 e. The van der Waals surface area contributed by atoms with Crippen molar-refractivity contribution in [2.24, 2.45) is 0 Å². The van der Waals surface area contributed by atoms with E-state index >= 15 is 0 Å². The Balaban J connectivity index is 2.07. The van der Waals surface area contributed by atoms with Gasteiger partial charge in [0.15, 0.2) is 11.5 Å². The van der Waals surface area contributed by atoms with Gasteiger partial charge in [-0.15, -0.1) is 0 Å². The molecule has 1 aromatic carbocycles. The van der Waals surface area contributed by atoms with Gasteiger partial charge in [-0.25, -0.2) is 9.78 Å². The first kappa shape index (κ1) is 20.0. The molecule has 1 heterocycles. The summed E-state index contributed by atoms with van der Waals surface area (Å²) in [5.74, 6) is 0.138. The molecule has 2 aromatic rings. The van der Waals surface area contributed by atoms with Crippen molar-refractivity contribution in [2.75, 3.05) is 27.9 Å². The lowest BCUT2D eigenvalue weighted by Crippen LogP contribution is -2.27. The summed E-state index contributed by atoms with van der Waals surface area (Å²) in [7, 11) is 4.61. The van der Waals surface area contributed by atoms with Crippen LogP contribution in [0.25, 0.3) is 0 Å². The molecule has 0 unspecified atom stereocenters. The first-order valence-corrected chi connectivity index (χ1v) is 8.19. The van der Waals surface area contributed by atoms with E-state index in [2.05, 4.69) is 10.3 Å². The second kappa shape index (κ2) is 8.88. The smallest absolute Gasteiger partial charge is 0.337 e. The van der Waals surface area contributed by atoms with E-state index in [1.54, 1.807) is 20.1 Å². The molecule has 0 aliphatic heterocycles. The highest BCUT2D eigenvalue weighted by molar-refractivity contribution is 5.94. The van der Waals surface area contributed by atoms with Gasteiger partial charge in [-0.05, 0) is 31.5 Å². The van der Waals surface area contributed by atoms with E-state index in [0.29, 0.717) is 30.2 Å². The van der Waals surface area contributed by atoms with Crippen LogP contribution >= 0.6 is 0 Å². The first-order chi connectivity index (χ1) is 12.9. The number of nitrogens with one attached hydrogen (secondary N) is 1. The van der Waals surface area contributed by atoms with Crippen LogP contribution in [0.4, 0.5) is 0 Å². The number of ether oxygens (including phenoxy) is 3. The zero-order valence-electron chi connectivity index (χ0n) is 15.7. The van der Waals surface area contributed by atoms with Crippen molar-refractivity contribution in [1.29, 1.82) is 0 Å². The molecule has 2 N–H and O–H groups in total. The van der Waals surface area contributed by atoms with E-state index in [1.165, 1.54) is 26.4 Å². The maximum Gasteiger partial charge on any atom is 0.337 e. The normalized spacial score (nSPS) is 10.2. The molecule has 1 aromatic heterocycles. The summed E-state index contributed by atoms with van der Waals surface area (Å²) >= 11 is 0. The third kappa shape index (κ3) is 4.46. The highest BCUT2D eigenvalue weighted by atomic mass is 16.5. The number of hydrogen-bond acceptors (Lipinski definition) is 6. The van der Waals surface area contributed by atoms with Gasteiger partial charge in [-0.1, -0.05) is 6.07 Å².